The monoisotopic (exact) mass is 622 g/mol. The number of ether oxygens (including phenoxy) is 2. The standard InChI is InChI=1S/C38H71NO5/c1-32(2)26-22-18-14-10-8-12-16-20-24-28-34(30-35(40)39-31-37(42)44-38(5,6)7)43-36(41)29-25-21-17-13-9-11-15-19-23-27-33(3)4/h17,21,32-34H,8-16,18-20,22-31H2,1-7H3,(H,39,40)/b21-17-. The van der Waals surface area contributed by atoms with Crippen LogP contribution in [0.1, 0.15) is 183 Å². The van der Waals surface area contributed by atoms with E-state index in [1.165, 1.54) is 89.9 Å². The van der Waals surface area contributed by atoms with E-state index in [0.717, 1.165) is 31.1 Å². The van der Waals surface area contributed by atoms with Gasteiger partial charge in [0.05, 0.1) is 6.42 Å². The molecule has 0 heterocycles. The second kappa shape index (κ2) is 27.5. The van der Waals surface area contributed by atoms with E-state index >= 15 is 0 Å². The van der Waals surface area contributed by atoms with E-state index in [4.69, 9.17) is 9.47 Å². The quantitative estimate of drug-likeness (QED) is 0.0534. The first kappa shape index (κ1) is 42.1. The summed E-state index contributed by atoms with van der Waals surface area (Å²) in [4.78, 5) is 37.2. The highest BCUT2D eigenvalue weighted by molar-refractivity contribution is 5.82. The van der Waals surface area contributed by atoms with E-state index in [-0.39, 0.29) is 24.8 Å². The topological polar surface area (TPSA) is 81.7 Å². The van der Waals surface area contributed by atoms with Crippen LogP contribution in [-0.4, -0.2) is 36.1 Å². The molecule has 1 atom stereocenters. The van der Waals surface area contributed by atoms with E-state index in [1.54, 1.807) is 20.8 Å². The fourth-order valence-corrected chi connectivity index (χ4v) is 5.22. The number of esters is 2. The van der Waals surface area contributed by atoms with Crippen LogP contribution in [0.4, 0.5) is 0 Å². The third kappa shape index (κ3) is 31.6. The van der Waals surface area contributed by atoms with Crippen LogP contribution in [0.3, 0.4) is 0 Å². The lowest BCUT2D eigenvalue weighted by Gasteiger charge is -2.20. The highest BCUT2D eigenvalue weighted by Crippen LogP contribution is 2.17. The van der Waals surface area contributed by atoms with E-state index in [1.807, 2.05) is 0 Å². The molecule has 0 fully saturated rings. The minimum Gasteiger partial charge on any atom is -0.462 e. The smallest absolute Gasteiger partial charge is 0.325 e. The Kier molecular flexibility index (Phi) is 26.3. The molecule has 0 aliphatic rings. The Morgan fingerprint density at radius 3 is 1.57 bits per heavy atom. The van der Waals surface area contributed by atoms with Gasteiger partial charge in [0, 0.05) is 6.42 Å². The van der Waals surface area contributed by atoms with Crippen LogP contribution < -0.4 is 5.32 Å². The van der Waals surface area contributed by atoms with Crippen LogP contribution in [0.5, 0.6) is 0 Å². The fraction of sp³-hybridized carbons (Fsp3) is 0.868. The molecule has 0 aliphatic carbocycles. The van der Waals surface area contributed by atoms with Crippen LogP contribution in [0.25, 0.3) is 0 Å². The molecular weight excluding hydrogens is 550 g/mol. The van der Waals surface area contributed by atoms with E-state index in [2.05, 4.69) is 45.2 Å². The Labute approximate surface area is 272 Å². The van der Waals surface area contributed by atoms with Crippen molar-refractivity contribution in [2.45, 2.75) is 195 Å². The maximum atomic E-state index is 12.6. The first-order valence-corrected chi connectivity index (χ1v) is 18.2. The maximum Gasteiger partial charge on any atom is 0.325 e. The van der Waals surface area contributed by atoms with Gasteiger partial charge in [-0.1, -0.05) is 130 Å². The van der Waals surface area contributed by atoms with Gasteiger partial charge in [0.2, 0.25) is 5.91 Å². The number of rotatable bonds is 28. The van der Waals surface area contributed by atoms with E-state index in [9.17, 15) is 14.4 Å². The molecule has 0 aromatic carbocycles. The molecule has 6 heteroatoms. The third-order valence-corrected chi connectivity index (χ3v) is 7.70. The summed E-state index contributed by atoms with van der Waals surface area (Å²) in [5.41, 5.74) is -0.602. The summed E-state index contributed by atoms with van der Waals surface area (Å²) >= 11 is 0. The fourth-order valence-electron chi connectivity index (χ4n) is 5.22. The van der Waals surface area contributed by atoms with Crippen molar-refractivity contribution in [1.82, 2.24) is 5.32 Å². The van der Waals surface area contributed by atoms with Gasteiger partial charge in [0.15, 0.2) is 0 Å². The Hall–Kier alpha value is -1.85. The minimum atomic E-state index is -0.602. The van der Waals surface area contributed by atoms with Crippen LogP contribution in [0, 0.1) is 11.8 Å². The predicted molar refractivity (Wildman–Crippen MR) is 185 cm³/mol. The highest BCUT2D eigenvalue weighted by atomic mass is 16.6. The molecular formula is C38H71NO5. The molecule has 1 amide bonds. The normalized spacial score (nSPS) is 12.7. The summed E-state index contributed by atoms with van der Waals surface area (Å²) in [7, 11) is 0. The molecule has 0 saturated heterocycles. The van der Waals surface area contributed by atoms with Crippen molar-refractivity contribution in [1.29, 1.82) is 0 Å². The van der Waals surface area contributed by atoms with Crippen molar-refractivity contribution in [2.75, 3.05) is 6.54 Å². The van der Waals surface area contributed by atoms with Crippen molar-refractivity contribution in [3.8, 4) is 0 Å². The number of allylic oxidation sites excluding steroid dienone is 2. The molecule has 6 nitrogen and oxygen atoms in total. The van der Waals surface area contributed by atoms with Gasteiger partial charge in [0.25, 0.3) is 0 Å². The highest BCUT2D eigenvalue weighted by Gasteiger charge is 2.20. The van der Waals surface area contributed by atoms with E-state index < -0.39 is 17.7 Å². The number of carbonyl (C=O) groups is 3. The Bertz CT molecular complexity index is 753. The molecule has 0 aromatic rings. The zero-order valence-corrected chi connectivity index (χ0v) is 30.0. The summed E-state index contributed by atoms with van der Waals surface area (Å²) in [6.45, 7) is 14.3. The molecule has 258 valence electrons. The molecule has 1 N–H and O–H groups in total. The molecule has 0 rings (SSSR count). The lowest BCUT2D eigenvalue weighted by atomic mass is 10.0. The lowest BCUT2D eigenvalue weighted by molar-refractivity contribution is -0.156. The summed E-state index contributed by atoms with van der Waals surface area (Å²) in [6, 6.07) is 0. The summed E-state index contributed by atoms with van der Waals surface area (Å²) in [5, 5.41) is 2.63. The van der Waals surface area contributed by atoms with Crippen molar-refractivity contribution in [2.24, 2.45) is 11.8 Å². The largest absolute Gasteiger partial charge is 0.462 e. The number of hydrogen-bond acceptors (Lipinski definition) is 5. The van der Waals surface area contributed by atoms with Gasteiger partial charge in [-0.25, -0.2) is 0 Å². The van der Waals surface area contributed by atoms with Gasteiger partial charge in [-0.2, -0.15) is 0 Å². The van der Waals surface area contributed by atoms with Crippen molar-refractivity contribution in [3.63, 3.8) is 0 Å². The summed E-state index contributed by atoms with van der Waals surface area (Å²) < 4.78 is 11.0. The molecule has 0 aromatic heterocycles. The average Bonchev–Trinajstić information content (AvgIpc) is 2.92. The SMILES string of the molecule is CC(C)CCCCCCC/C=C\CCC(=O)OC(CCCCCCCCCCCC(C)C)CC(=O)NCC(=O)OC(C)(C)C. The van der Waals surface area contributed by atoms with Crippen LogP contribution in [0.15, 0.2) is 12.2 Å². The number of carbonyl (C=O) groups excluding carboxylic acids is 3. The molecule has 0 saturated carbocycles. The summed E-state index contributed by atoms with van der Waals surface area (Å²) in [5.74, 6) is 0.574. The van der Waals surface area contributed by atoms with Crippen LogP contribution >= 0.6 is 0 Å². The zero-order chi connectivity index (χ0) is 33.1. The number of nitrogens with one attached hydrogen (secondary N) is 1. The molecule has 0 bridgehead atoms. The van der Waals surface area contributed by atoms with Crippen molar-refractivity contribution >= 4 is 17.8 Å². The number of amides is 1. The number of unbranched alkanes of at least 4 members (excludes halogenated alkanes) is 13. The molecule has 0 radical (unpaired) electrons. The lowest BCUT2D eigenvalue weighted by Crippen LogP contribution is -2.36. The van der Waals surface area contributed by atoms with Crippen LogP contribution in [-0.2, 0) is 23.9 Å². The van der Waals surface area contributed by atoms with Gasteiger partial charge in [-0.05, 0) is 64.7 Å². The van der Waals surface area contributed by atoms with Crippen molar-refractivity contribution in [3.05, 3.63) is 12.2 Å². The third-order valence-electron chi connectivity index (χ3n) is 7.70. The first-order valence-electron chi connectivity index (χ1n) is 18.2. The van der Waals surface area contributed by atoms with E-state index in [0.29, 0.717) is 19.3 Å². The van der Waals surface area contributed by atoms with Crippen LogP contribution in [0.2, 0.25) is 0 Å². The predicted octanol–water partition coefficient (Wildman–Crippen LogP) is 10.4. The van der Waals surface area contributed by atoms with Gasteiger partial charge in [-0.15, -0.1) is 0 Å². The Balaban J connectivity index is 4.40. The average molecular weight is 622 g/mol. The zero-order valence-electron chi connectivity index (χ0n) is 30.0. The Morgan fingerprint density at radius 1 is 0.614 bits per heavy atom. The van der Waals surface area contributed by atoms with Crippen molar-refractivity contribution < 1.29 is 23.9 Å². The minimum absolute atomic E-state index is 0.0674. The maximum absolute atomic E-state index is 12.6. The van der Waals surface area contributed by atoms with Gasteiger partial charge < -0.3 is 14.8 Å². The number of hydrogen-bond donors (Lipinski definition) is 1. The first-order chi connectivity index (χ1) is 20.9. The second-order valence-electron chi connectivity index (χ2n) is 14.6. The van der Waals surface area contributed by atoms with Gasteiger partial charge >= 0.3 is 11.9 Å². The Morgan fingerprint density at radius 2 is 1.07 bits per heavy atom. The second-order valence-corrected chi connectivity index (χ2v) is 14.6. The summed E-state index contributed by atoms with van der Waals surface area (Å²) in [6.07, 6.45) is 26.6. The molecule has 44 heavy (non-hydrogen) atoms. The molecule has 0 spiro atoms. The van der Waals surface area contributed by atoms with Gasteiger partial charge in [-0.3, -0.25) is 14.4 Å². The molecule has 0 aliphatic heterocycles. The van der Waals surface area contributed by atoms with Gasteiger partial charge in [0.1, 0.15) is 18.2 Å². The molecule has 1 unspecified atom stereocenters.